The fraction of sp³-hybridized carbons (Fsp3) is 0.372. The first-order valence-corrected chi connectivity index (χ1v) is 18.6. The van der Waals surface area contributed by atoms with E-state index in [1.165, 1.54) is 6.08 Å². The quantitative estimate of drug-likeness (QED) is 0.0851. The van der Waals surface area contributed by atoms with Gasteiger partial charge in [0.15, 0.2) is 6.04 Å². The molecule has 12 heteroatoms. The highest BCUT2D eigenvalue weighted by Gasteiger charge is 2.34. The van der Waals surface area contributed by atoms with Gasteiger partial charge >= 0.3 is 18.0 Å². The van der Waals surface area contributed by atoms with Crippen molar-refractivity contribution in [1.29, 1.82) is 0 Å². The van der Waals surface area contributed by atoms with Crippen LogP contribution in [0.2, 0.25) is 0 Å². The zero-order valence-corrected chi connectivity index (χ0v) is 30.9. The van der Waals surface area contributed by atoms with Crippen LogP contribution in [0.5, 0.6) is 0 Å². The molecule has 1 saturated heterocycles. The number of amides is 3. The van der Waals surface area contributed by atoms with Crippen LogP contribution < -0.4 is 10.6 Å². The largest absolute Gasteiger partial charge is 0.461 e. The molecule has 4 unspecified atom stereocenters. The van der Waals surface area contributed by atoms with Gasteiger partial charge in [0.2, 0.25) is 11.8 Å². The molecular weight excluding hydrogens is 702 g/mol. The number of rotatable bonds is 19. The number of aliphatic hydroxyl groups excluding tert-OH is 1. The zero-order chi connectivity index (χ0) is 39.2. The summed E-state index contributed by atoms with van der Waals surface area (Å²) in [6, 6.07) is 21.9. The van der Waals surface area contributed by atoms with Crippen molar-refractivity contribution in [3.05, 3.63) is 121 Å². The van der Waals surface area contributed by atoms with E-state index in [0.29, 0.717) is 24.9 Å². The smallest absolute Gasteiger partial charge is 0.407 e. The van der Waals surface area contributed by atoms with Gasteiger partial charge in [-0.25, -0.2) is 14.4 Å². The lowest BCUT2D eigenvalue weighted by atomic mass is 9.98. The van der Waals surface area contributed by atoms with Crippen molar-refractivity contribution < 1.29 is 43.3 Å². The van der Waals surface area contributed by atoms with Gasteiger partial charge in [-0.3, -0.25) is 9.59 Å². The number of aliphatic hydroxyl groups is 1. The number of hydrogen-bond donors (Lipinski definition) is 3. The van der Waals surface area contributed by atoms with Crippen molar-refractivity contribution >= 4 is 29.8 Å². The molecule has 3 N–H and O–H groups in total. The van der Waals surface area contributed by atoms with Crippen molar-refractivity contribution in [2.45, 2.75) is 69.2 Å². The molecule has 1 aliphatic carbocycles. The molecule has 0 aromatic heterocycles. The number of esters is 2. The van der Waals surface area contributed by atoms with Crippen molar-refractivity contribution in [2.75, 3.05) is 26.4 Å². The molecule has 0 spiro atoms. The summed E-state index contributed by atoms with van der Waals surface area (Å²) in [6.45, 7) is 7.07. The Morgan fingerprint density at radius 3 is 2.13 bits per heavy atom. The molecule has 0 radical (unpaired) electrons. The van der Waals surface area contributed by atoms with E-state index in [-0.39, 0.29) is 57.0 Å². The maximum atomic E-state index is 13.6. The van der Waals surface area contributed by atoms with Crippen molar-refractivity contribution in [3.63, 3.8) is 0 Å². The Hall–Kier alpha value is -5.75. The number of nitrogens with one attached hydrogen (secondary N) is 2. The monoisotopic (exact) mass is 751 g/mol. The van der Waals surface area contributed by atoms with E-state index in [2.05, 4.69) is 23.8 Å². The number of nitrogens with zero attached hydrogens (tertiary/aromatic N) is 1. The topological polar surface area (TPSA) is 161 Å². The van der Waals surface area contributed by atoms with Crippen LogP contribution in [0, 0.1) is 5.92 Å². The second-order valence-electron chi connectivity index (χ2n) is 13.7. The predicted octanol–water partition coefficient (Wildman–Crippen LogP) is 5.20. The molecule has 5 rings (SSSR count). The molecule has 290 valence electrons. The molecule has 1 fully saturated rings. The van der Waals surface area contributed by atoms with Gasteiger partial charge in [0.1, 0.15) is 25.9 Å². The van der Waals surface area contributed by atoms with E-state index >= 15 is 0 Å². The minimum Gasteiger partial charge on any atom is -0.461 e. The maximum absolute atomic E-state index is 13.6. The lowest BCUT2D eigenvalue weighted by Crippen LogP contribution is -2.50. The highest BCUT2D eigenvalue weighted by Crippen LogP contribution is 2.44. The van der Waals surface area contributed by atoms with Crippen LogP contribution in [-0.2, 0) is 40.0 Å². The first-order chi connectivity index (χ1) is 26.7. The summed E-state index contributed by atoms with van der Waals surface area (Å²) < 4.78 is 16.7. The van der Waals surface area contributed by atoms with E-state index in [1.807, 2.05) is 54.6 Å². The van der Waals surface area contributed by atoms with E-state index in [1.54, 1.807) is 35.2 Å². The molecule has 1 heterocycles. The summed E-state index contributed by atoms with van der Waals surface area (Å²) in [6.07, 6.45) is 4.15. The molecule has 3 aromatic rings. The third-order valence-electron chi connectivity index (χ3n) is 9.95. The Morgan fingerprint density at radius 1 is 0.818 bits per heavy atom. The highest BCUT2D eigenvalue weighted by atomic mass is 16.6. The Bertz CT molecular complexity index is 1780. The Labute approximate surface area is 321 Å². The van der Waals surface area contributed by atoms with E-state index in [9.17, 15) is 29.1 Å². The average molecular weight is 752 g/mol. The molecule has 0 saturated carbocycles. The van der Waals surface area contributed by atoms with Crippen LogP contribution in [0.1, 0.15) is 61.1 Å². The van der Waals surface area contributed by atoms with E-state index in [0.717, 1.165) is 28.7 Å². The van der Waals surface area contributed by atoms with Gasteiger partial charge in [-0.15, -0.1) is 13.2 Å². The van der Waals surface area contributed by atoms with Crippen LogP contribution >= 0.6 is 0 Å². The third kappa shape index (κ3) is 10.7. The van der Waals surface area contributed by atoms with E-state index in [4.69, 9.17) is 14.2 Å². The third-order valence-corrected chi connectivity index (χ3v) is 9.95. The van der Waals surface area contributed by atoms with Crippen LogP contribution in [0.25, 0.3) is 11.1 Å². The van der Waals surface area contributed by atoms with Crippen molar-refractivity contribution in [1.82, 2.24) is 15.5 Å². The summed E-state index contributed by atoms with van der Waals surface area (Å²) in [5.74, 6) is -3.72. The Balaban J connectivity index is 1.23. The van der Waals surface area contributed by atoms with Crippen LogP contribution in [0.15, 0.2) is 104 Å². The van der Waals surface area contributed by atoms with Gasteiger partial charge in [0.05, 0.1) is 18.6 Å². The normalized spacial score (nSPS) is 16.1. The average Bonchev–Trinajstić information content (AvgIpc) is 3.82. The predicted molar refractivity (Wildman–Crippen MR) is 205 cm³/mol. The second kappa shape index (κ2) is 20.1. The van der Waals surface area contributed by atoms with Gasteiger partial charge in [-0.1, -0.05) is 91.0 Å². The summed E-state index contributed by atoms with van der Waals surface area (Å²) in [7, 11) is 0. The molecule has 3 amide bonds. The number of hydrogen-bond acceptors (Lipinski definition) is 9. The van der Waals surface area contributed by atoms with Gasteiger partial charge < -0.3 is 34.9 Å². The minimum absolute atomic E-state index is 0.0389. The number of carbonyl (C=O) groups is 5. The summed E-state index contributed by atoms with van der Waals surface area (Å²) in [5.41, 5.74) is 4.93. The van der Waals surface area contributed by atoms with Crippen molar-refractivity contribution in [3.8, 4) is 11.1 Å². The molecule has 2 aliphatic rings. The van der Waals surface area contributed by atoms with Crippen LogP contribution in [0.4, 0.5) is 4.79 Å². The van der Waals surface area contributed by atoms with Gasteiger partial charge in [0.25, 0.3) is 0 Å². The molecule has 0 bridgehead atoms. The standard InChI is InChI=1S/C43H49N3O9/c1-3-5-22-37(45-43(52)55-27-36-34-20-11-9-18-32(34)33-19-10-12-21-35(33)36)41(50)54-28-38(42(51)53-26-29-15-7-6-8-16-29)44-40(49)30(14-4-2)24-39(48)46-23-13-17-31(46)25-47/h3-4,6-12,15-16,18-21,30-31,36-38,47H,1-2,5,13-14,17,22-28H2,(H,44,49)(H,45,52). The maximum Gasteiger partial charge on any atom is 0.407 e. The number of likely N-dealkylation sites (tertiary alicyclic amines) is 1. The van der Waals surface area contributed by atoms with Gasteiger partial charge in [-0.05, 0) is 59.9 Å². The number of allylic oxidation sites excluding steroid dienone is 2. The number of alkyl carbamates (subject to hydrolysis) is 1. The molecule has 3 aromatic carbocycles. The number of carbonyl (C=O) groups excluding carboxylic acids is 5. The fourth-order valence-electron chi connectivity index (χ4n) is 7.04. The number of fused-ring (bicyclic) bond motifs is 3. The zero-order valence-electron chi connectivity index (χ0n) is 30.9. The second-order valence-corrected chi connectivity index (χ2v) is 13.7. The molecule has 1 aliphatic heterocycles. The molecule has 4 atom stereocenters. The first-order valence-electron chi connectivity index (χ1n) is 18.6. The number of ether oxygens (including phenoxy) is 3. The van der Waals surface area contributed by atoms with Crippen LogP contribution in [0.3, 0.4) is 0 Å². The highest BCUT2D eigenvalue weighted by molar-refractivity contribution is 5.90. The summed E-state index contributed by atoms with van der Waals surface area (Å²) in [5, 5.41) is 14.9. The molecule has 55 heavy (non-hydrogen) atoms. The van der Waals surface area contributed by atoms with Gasteiger partial charge in [0, 0.05) is 18.9 Å². The Morgan fingerprint density at radius 2 is 1.47 bits per heavy atom. The first kappa shape index (κ1) is 40.4. The lowest BCUT2D eigenvalue weighted by Gasteiger charge is -2.26. The fourth-order valence-corrected chi connectivity index (χ4v) is 7.04. The molecule has 12 nitrogen and oxygen atoms in total. The molecular formula is C43H49N3O9. The summed E-state index contributed by atoms with van der Waals surface area (Å²) in [4.78, 5) is 68.4. The van der Waals surface area contributed by atoms with Crippen molar-refractivity contribution in [2.24, 2.45) is 5.92 Å². The van der Waals surface area contributed by atoms with Crippen LogP contribution in [-0.4, -0.2) is 84.3 Å². The Kier molecular flexibility index (Phi) is 14.8. The number of benzene rings is 3. The van der Waals surface area contributed by atoms with E-state index < -0.39 is 48.5 Å². The van der Waals surface area contributed by atoms with Gasteiger partial charge in [-0.2, -0.15) is 0 Å². The summed E-state index contributed by atoms with van der Waals surface area (Å²) >= 11 is 0. The SMILES string of the molecule is C=CCCC(NC(=O)OCC1c2ccccc2-c2ccccc21)C(=O)OCC(NC(=O)C(CC=C)CC(=O)N1CCCC1CO)C(=O)OCc1ccccc1. The minimum atomic E-state index is -1.44. The lowest BCUT2D eigenvalue weighted by molar-refractivity contribution is -0.156.